The SMILES string of the molecule is CCCc1nnsc1C(N)c1c(F)ccc(Br)c1F. The molecule has 1 atom stereocenters. The van der Waals surface area contributed by atoms with Crippen LogP contribution in [0.5, 0.6) is 0 Å². The molecule has 19 heavy (non-hydrogen) atoms. The summed E-state index contributed by atoms with van der Waals surface area (Å²) in [6.45, 7) is 1.99. The number of hydrogen-bond acceptors (Lipinski definition) is 4. The molecule has 7 heteroatoms. The molecule has 0 bridgehead atoms. The molecule has 2 aromatic rings. The summed E-state index contributed by atoms with van der Waals surface area (Å²) in [6.07, 6.45) is 1.56. The topological polar surface area (TPSA) is 51.8 Å². The third-order valence-corrected chi connectivity index (χ3v) is 4.21. The molecule has 2 N–H and O–H groups in total. The van der Waals surface area contributed by atoms with Gasteiger partial charge in [0.2, 0.25) is 0 Å². The Morgan fingerprint density at radius 1 is 1.42 bits per heavy atom. The van der Waals surface area contributed by atoms with Gasteiger partial charge in [0.05, 0.1) is 21.1 Å². The van der Waals surface area contributed by atoms with E-state index in [1.54, 1.807) is 0 Å². The van der Waals surface area contributed by atoms with E-state index in [1.165, 1.54) is 12.1 Å². The van der Waals surface area contributed by atoms with Crippen LogP contribution in [0.25, 0.3) is 0 Å². The second kappa shape index (κ2) is 6.02. The van der Waals surface area contributed by atoms with E-state index < -0.39 is 17.7 Å². The van der Waals surface area contributed by atoms with Gasteiger partial charge in [-0.2, -0.15) is 0 Å². The summed E-state index contributed by atoms with van der Waals surface area (Å²) in [5.74, 6) is -1.34. The first-order valence-corrected chi connectivity index (χ1v) is 7.33. The summed E-state index contributed by atoms with van der Waals surface area (Å²) in [5.41, 5.74) is 6.54. The average Bonchev–Trinajstić information content (AvgIpc) is 2.83. The number of halogens is 3. The first kappa shape index (κ1) is 14.5. The fraction of sp³-hybridized carbons (Fsp3) is 0.333. The Morgan fingerprint density at radius 2 is 2.16 bits per heavy atom. The van der Waals surface area contributed by atoms with Crippen LogP contribution in [0.2, 0.25) is 0 Å². The van der Waals surface area contributed by atoms with Gasteiger partial charge in [0.15, 0.2) is 0 Å². The Hall–Kier alpha value is -0.920. The summed E-state index contributed by atoms with van der Waals surface area (Å²) in [6, 6.07) is 1.62. The standard InChI is InChI=1S/C12H12BrF2N3S/c1-2-3-8-12(19-18-17-8)11(16)9-7(14)5-4-6(13)10(9)15/h4-5,11H,2-3,16H2,1H3. The zero-order valence-corrected chi connectivity index (χ0v) is 12.6. The Bertz CT molecular complexity index is 588. The second-order valence-electron chi connectivity index (χ2n) is 4.07. The van der Waals surface area contributed by atoms with Crippen LogP contribution in [0.15, 0.2) is 16.6 Å². The van der Waals surface area contributed by atoms with Gasteiger partial charge in [0.1, 0.15) is 11.6 Å². The lowest BCUT2D eigenvalue weighted by Gasteiger charge is -2.14. The number of hydrogen-bond donors (Lipinski definition) is 1. The van der Waals surface area contributed by atoms with Gasteiger partial charge in [-0.1, -0.05) is 17.8 Å². The Kier molecular flexibility index (Phi) is 4.59. The smallest absolute Gasteiger partial charge is 0.145 e. The van der Waals surface area contributed by atoms with E-state index in [0.29, 0.717) is 17.0 Å². The molecule has 102 valence electrons. The number of aromatic nitrogens is 2. The molecule has 0 saturated carbocycles. The summed E-state index contributed by atoms with van der Waals surface area (Å²) in [4.78, 5) is 0.609. The quantitative estimate of drug-likeness (QED) is 0.860. The highest BCUT2D eigenvalue weighted by atomic mass is 79.9. The van der Waals surface area contributed by atoms with Crippen molar-refractivity contribution in [1.82, 2.24) is 9.59 Å². The fourth-order valence-corrected chi connectivity index (χ4v) is 2.87. The molecule has 0 aliphatic rings. The van der Waals surface area contributed by atoms with Crippen molar-refractivity contribution in [2.75, 3.05) is 0 Å². The van der Waals surface area contributed by atoms with Crippen molar-refractivity contribution >= 4 is 27.5 Å². The molecule has 0 fully saturated rings. The number of nitrogens with two attached hydrogens (primary N) is 1. The van der Waals surface area contributed by atoms with Crippen molar-refractivity contribution in [1.29, 1.82) is 0 Å². The average molecular weight is 348 g/mol. The van der Waals surface area contributed by atoms with E-state index in [4.69, 9.17) is 5.73 Å². The van der Waals surface area contributed by atoms with Crippen molar-refractivity contribution in [3.05, 3.63) is 44.4 Å². The van der Waals surface area contributed by atoms with Crippen molar-refractivity contribution in [3.63, 3.8) is 0 Å². The minimum atomic E-state index is -0.890. The summed E-state index contributed by atoms with van der Waals surface area (Å²) < 4.78 is 31.8. The minimum absolute atomic E-state index is 0.155. The molecule has 1 heterocycles. The van der Waals surface area contributed by atoms with Crippen molar-refractivity contribution in [2.45, 2.75) is 25.8 Å². The predicted molar refractivity (Wildman–Crippen MR) is 74.0 cm³/mol. The number of benzene rings is 1. The predicted octanol–water partition coefficient (Wildman–Crippen LogP) is 3.58. The van der Waals surface area contributed by atoms with E-state index in [-0.39, 0.29) is 10.0 Å². The molecule has 0 aliphatic carbocycles. The Morgan fingerprint density at radius 3 is 2.84 bits per heavy atom. The third-order valence-electron chi connectivity index (χ3n) is 2.74. The molecular formula is C12H12BrF2N3S. The number of rotatable bonds is 4. The van der Waals surface area contributed by atoms with Gasteiger partial charge in [-0.05, 0) is 46.0 Å². The van der Waals surface area contributed by atoms with Crippen LogP contribution < -0.4 is 5.73 Å². The van der Waals surface area contributed by atoms with Crippen LogP contribution in [0.4, 0.5) is 8.78 Å². The van der Waals surface area contributed by atoms with E-state index in [2.05, 4.69) is 25.5 Å². The third kappa shape index (κ3) is 2.82. The van der Waals surface area contributed by atoms with Gasteiger partial charge >= 0.3 is 0 Å². The first-order valence-electron chi connectivity index (χ1n) is 5.76. The zero-order chi connectivity index (χ0) is 14.0. The summed E-state index contributed by atoms with van der Waals surface area (Å²) in [7, 11) is 0. The van der Waals surface area contributed by atoms with Crippen LogP contribution in [-0.4, -0.2) is 9.59 Å². The number of aryl methyl sites for hydroxylation is 1. The molecule has 0 amide bonds. The maximum Gasteiger partial charge on any atom is 0.145 e. The van der Waals surface area contributed by atoms with Crippen LogP contribution in [-0.2, 0) is 6.42 Å². The molecule has 0 aliphatic heterocycles. The lowest BCUT2D eigenvalue weighted by atomic mass is 10.0. The zero-order valence-electron chi connectivity index (χ0n) is 10.2. The highest BCUT2D eigenvalue weighted by molar-refractivity contribution is 9.10. The molecule has 0 saturated heterocycles. The monoisotopic (exact) mass is 347 g/mol. The largest absolute Gasteiger partial charge is 0.319 e. The molecule has 0 radical (unpaired) electrons. The van der Waals surface area contributed by atoms with Gasteiger partial charge in [0, 0.05) is 5.56 Å². The lowest BCUT2D eigenvalue weighted by molar-refractivity contribution is 0.540. The first-order chi connectivity index (χ1) is 9.06. The minimum Gasteiger partial charge on any atom is -0.319 e. The molecule has 2 rings (SSSR count). The van der Waals surface area contributed by atoms with Crippen molar-refractivity contribution in [2.24, 2.45) is 5.73 Å². The van der Waals surface area contributed by atoms with E-state index >= 15 is 0 Å². The maximum absolute atomic E-state index is 14.0. The maximum atomic E-state index is 14.0. The van der Waals surface area contributed by atoms with E-state index in [1.807, 2.05) is 6.92 Å². The van der Waals surface area contributed by atoms with Crippen molar-refractivity contribution in [3.8, 4) is 0 Å². The molecule has 1 aromatic carbocycles. The molecular weight excluding hydrogens is 336 g/mol. The summed E-state index contributed by atoms with van der Waals surface area (Å²) in [5, 5.41) is 3.97. The molecule has 1 aromatic heterocycles. The van der Waals surface area contributed by atoms with Gasteiger partial charge in [0.25, 0.3) is 0 Å². The van der Waals surface area contributed by atoms with Crippen LogP contribution in [0.3, 0.4) is 0 Å². The Labute approximate surface area is 122 Å². The molecule has 1 unspecified atom stereocenters. The second-order valence-corrected chi connectivity index (χ2v) is 5.71. The number of nitrogens with zero attached hydrogens (tertiary/aromatic N) is 2. The van der Waals surface area contributed by atoms with E-state index in [9.17, 15) is 8.78 Å². The van der Waals surface area contributed by atoms with Gasteiger partial charge in [-0.3, -0.25) is 0 Å². The van der Waals surface area contributed by atoms with Crippen LogP contribution in [0.1, 0.15) is 35.5 Å². The molecule has 3 nitrogen and oxygen atoms in total. The normalized spacial score (nSPS) is 12.7. The van der Waals surface area contributed by atoms with Gasteiger partial charge in [-0.15, -0.1) is 5.10 Å². The van der Waals surface area contributed by atoms with Crippen molar-refractivity contribution < 1.29 is 8.78 Å². The summed E-state index contributed by atoms with van der Waals surface area (Å²) >= 11 is 4.12. The lowest BCUT2D eigenvalue weighted by Crippen LogP contribution is -2.16. The van der Waals surface area contributed by atoms with Gasteiger partial charge in [-0.25, -0.2) is 8.78 Å². The fourth-order valence-electron chi connectivity index (χ4n) is 1.82. The highest BCUT2D eigenvalue weighted by Gasteiger charge is 2.24. The van der Waals surface area contributed by atoms with Crippen LogP contribution >= 0.6 is 27.5 Å². The highest BCUT2D eigenvalue weighted by Crippen LogP contribution is 2.32. The van der Waals surface area contributed by atoms with Crippen LogP contribution in [0, 0.1) is 11.6 Å². The van der Waals surface area contributed by atoms with Gasteiger partial charge < -0.3 is 5.73 Å². The van der Waals surface area contributed by atoms with E-state index in [0.717, 1.165) is 18.0 Å². The molecule has 0 spiro atoms. The Balaban J connectivity index is 2.47.